The van der Waals surface area contributed by atoms with Crippen molar-refractivity contribution in [2.75, 3.05) is 32.1 Å². The number of amides is 1. The molecule has 31 heavy (non-hydrogen) atoms. The van der Waals surface area contributed by atoms with Gasteiger partial charge in [-0.2, -0.15) is 5.10 Å². The van der Waals surface area contributed by atoms with E-state index in [4.69, 9.17) is 9.47 Å². The van der Waals surface area contributed by atoms with Crippen LogP contribution in [0.5, 0.6) is 5.75 Å². The first-order valence-electron chi connectivity index (χ1n) is 10.7. The minimum absolute atomic E-state index is 0.0554. The van der Waals surface area contributed by atoms with Gasteiger partial charge in [0.05, 0.1) is 24.4 Å². The number of hydrogen-bond acceptors (Lipinski definition) is 6. The minimum atomic E-state index is 0.0554. The average molecular weight is 422 g/mol. The highest BCUT2D eigenvalue weighted by Crippen LogP contribution is 2.33. The second-order valence-electron chi connectivity index (χ2n) is 8.40. The molecule has 0 radical (unpaired) electrons. The van der Waals surface area contributed by atoms with E-state index in [2.05, 4.69) is 26.8 Å². The number of nitrogens with one attached hydrogen (secondary N) is 2. The van der Waals surface area contributed by atoms with Crippen LogP contribution in [0.4, 0.5) is 5.82 Å². The molecule has 8 heteroatoms. The van der Waals surface area contributed by atoms with Crippen molar-refractivity contribution < 1.29 is 14.3 Å². The maximum atomic E-state index is 12.1. The lowest BCUT2D eigenvalue weighted by molar-refractivity contribution is -0.117. The van der Waals surface area contributed by atoms with E-state index in [-0.39, 0.29) is 17.9 Å². The van der Waals surface area contributed by atoms with Crippen LogP contribution in [0.3, 0.4) is 0 Å². The molecule has 2 fully saturated rings. The van der Waals surface area contributed by atoms with Gasteiger partial charge in [0.1, 0.15) is 5.75 Å². The summed E-state index contributed by atoms with van der Waals surface area (Å²) in [6.07, 6.45) is 5.79. The lowest BCUT2D eigenvalue weighted by atomic mass is 10.1. The second-order valence-corrected chi connectivity index (χ2v) is 8.40. The highest BCUT2D eigenvalue weighted by molar-refractivity contribution is 5.93. The predicted octanol–water partition coefficient (Wildman–Crippen LogP) is 2.67. The molecule has 5 rings (SSSR count). The maximum Gasteiger partial charge on any atom is 0.228 e. The summed E-state index contributed by atoms with van der Waals surface area (Å²) in [5.41, 5.74) is 3.83. The van der Waals surface area contributed by atoms with Gasteiger partial charge >= 0.3 is 0 Å². The lowest BCUT2D eigenvalue weighted by Crippen LogP contribution is -2.26. The Kier molecular flexibility index (Phi) is 5.33. The number of carbonyl (C=O) groups is 1. The van der Waals surface area contributed by atoms with E-state index in [9.17, 15) is 4.79 Å². The number of anilines is 1. The van der Waals surface area contributed by atoms with E-state index in [0.717, 1.165) is 54.0 Å². The van der Waals surface area contributed by atoms with Crippen LogP contribution in [0.1, 0.15) is 18.5 Å². The summed E-state index contributed by atoms with van der Waals surface area (Å²) in [5.74, 6) is 1.83. The fourth-order valence-corrected chi connectivity index (χ4v) is 4.03. The van der Waals surface area contributed by atoms with Gasteiger partial charge in [0.25, 0.3) is 0 Å². The molecule has 3 aromatic rings. The molecule has 2 atom stereocenters. The van der Waals surface area contributed by atoms with Crippen molar-refractivity contribution in [3.63, 3.8) is 0 Å². The number of carbonyl (C=O) groups excluding carboxylic acids is 1. The number of aromatic nitrogens is 3. The summed E-state index contributed by atoms with van der Waals surface area (Å²) in [6.45, 7) is 4.26. The van der Waals surface area contributed by atoms with E-state index in [1.54, 1.807) is 17.8 Å². The highest BCUT2D eigenvalue weighted by atomic mass is 16.5. The van der Waals surface area contributed by atoms with Crippen LogP contribution < -0.4 is 15.4 Å². The summed E-state index contributed by atoms with van der Waals surface area (Å²) in [7, 11) is 1.74. The fraction of sp³-hybridized carbons (Fsp3) is 0.435. The summed E-state index contributed by atoms with van der Waals surface area (Å²) in [4.78, 5) is 16.5. The maximum absolute atomic E-state index is 12.1. The zero-order chi connectivity index (χ0) is 21.4. The minimum Gasteiger partial charge on any atom is -0.491 e. The van der Waals surface area contributed by atoms with Crippen molar-refractivity contribution in [1.82, 2.24) is 19.9 Å². The molecule has 1 saturated carbocycles. The SMILES string of the molecule is CO[C@H]1CNC[C@H]1COc1cnc(C)cc1-c1ccn2nc(NC(=O)C3CC3)cc2c1. The number of methoxy groups -OCH3 is 1. The van der Waals surface area contributed by atoms with Gasteiger partial charge in [0.2, 0.25) is 5.91 Å². The van der Waals surface area contributed by atoms with Gasteiger partial charge in [-0.05, 0) is 43.5 Å². The fourth-order valence-electron chi connectivity index (χ4n) is 4.03. The van der Waals surface area contributed by atoms with Gasteiger partial charge in [0.15, 0.2) is 5.82 Å². The lowest BCUT2D eigenvalue weighted by Gasteiger charge is -2.19. The summed E-state index contributed by atoms with van der Waals surface area (Å²) < 4.78 is 13.5. The Morgan fingerprint density at radius 2 is 2.16 bits per heavy atom. The molecular weight excluding hydrogens is 394 g/mol. The molecule has 2 N–H and O–H groups in total. The monoisotopic (exact) mass is 421 g/mol. The van der Waals surface area contributed by atoms with Gasteiger partial charge < -0.3 is 20.1 Å². The van der Waals surface area contributed by atoms with Gasteiger partial charge in [-0.3, -0.25) is 9.78 Å². The van der Waals surface area contributed by atoms with Crippen molar-refractivity contribution in [3.05, 3.63) is 42.4 Å². The molecule has 3 aromatic heterocycles. The van der Waals surface area contributed by atoms with Crippen LogP contribution in [0.25, 0.3) is 16.6 Å². The first-order chi connectivity index (χ1) is 15.1. The van der Waals surface area contributed by atoms with E-state index < -0.39 is 0 Å². The first kappa shape index (κ1) is 20.0. The number of ether oxygens (including phenoxy) is 2. The van der Waals surface area contributed by atoms with E-state index >= 15 is 0 Å². The molecule has 1 aliphatic carbocycles. The third kappa shape index (κ3) is 4.26. The summed E-state index contributed by atoms with van der Waals surface area (Å²) in [5, 5.41) is 10.7. The van der Waals surface area contributed by atoms with Crippen molar-refractivity contribution >= 4 is 17.2 Å². The van der Waals surface area contributed by atoms with E-state index in [1.807, 2.05) is 31.3 Å². The zero-order valence-corrected chi connectivity index (χ0v) is 17.8. The van der Waals surface area contributed by atoms with E-state index in [0.29, 0.717) is 18.3 Å². The van der Waals surface area contributed by atoms with Crippen LogP contribution in [0.15, 0.2) is 36.7 Å². The quantitative estimate of drug-likeness (QED) is 0.610. The van der Waals surface area contributed by atoms with Crippen LogP contribution in [-0.4, -0.2) is 53.4 Å². The van der Waals surface area contributed by atoms with Crippen molar-refractivity contribution in [2.24, 2.45) is 11.8 Å². The Morgan fingerprint density at radius 1 is 1.29 bits per heavy atom. The van der Waals surface area contributed by atoms with Gasteiger partial charge in [-0.25, -0.2) is 4.52 Å². The second kappa shape index (κ2) is 8.28. The molecule has 162 valence electrons. The van der Waals surface area contributed by atoms with Crippen LogP contribution in [0.2, 0.25) is 0 Å². The summed E-state index contributed by atoms with van der Waals surface area (Å²) in [6, 6.07) is 7.99. The molecule has 8 nitrogen and oxygen atoms in total. The molecule has 1 amide bonds. The standard InChI is InChI=1S/C23H27N5O3/c1-14-7-19(21(12-25-14)31-13-17-10-24-11-20(17)30-2)16-5-6-28-18(8-16)9-22(27-28)26-23(29)15-3-4-15/h5-9,12,15,17,20,24H,3-4,10-11,13H2,1-2H3,(H,26,27,29)/t17-,20-/m0/s1. The first-order valence-corrected chi connectivity index (χ1v) is 10.7. The predicted molar refractivity (Wildman–Crippen MR) is 117 cm³/mol. The van der Waals surface area contributed by atoms with Gasteiger partial charge in [-0.15, -0.1) is 0 Å². The van der Waals surface area contributed by atoms with Crippen molar-refractivity contribution in [2.45, 2.75) is 25.9 Å². The molecule has 1 aliphatic heterocycles. The Hall–Kier alpha value is -2.97. The Morgan fingerprint density at radius 3 is 2.97 bits per heavy atom. The Labute approximate surface area is 181 Å². The Balaban J connectivity index is 1.39. The smallest absolute Gasteiger partial charge is 0.228 e. The van der Waals surface area contributed by atoms with E-state index in [1.165, 1.54) is 0 Å². The van der Waals surface area contributed by atoms with Gasteiger partial charge in [-0.1, -0.05) is 0 Å². The third-order valence-electron chi connectivity index (χ3n) is 6.01. The third-order valence-corrected chi connectivity index (χ3v) is 6.01. The summed E-state index contributed by atoms with van der Waals surface area (Å²) >= 11 is 0. The molecule has 2 aliphatic rings. The molecule has 0 aromatic carbocycles. The molecule has 1 saturated heterocycles. The number of pyridine rings is 2. The van der Waals surface area contributed by atoms with Crippen molar-refractivity contribution in [3.8, 4) is 16.9 Å². The van der Waals surface area contributed by atoms with Crippen molar-refractivity contribution in [1.29, 1.82) is 0 Å². The largest absolute Gasteiger partial charge is 0.491 e. The molecule has 0 bridgehead atoms. The number of rotatable bonds is 7. The zero-order valence-electron chi connectivity index (χ0n) is 17.8. The van der Waals surface area contributed by atoms with Crippen LogP contribution >= 0.6 is 0 Å². The molecule has 0 unspecified atom stereocenters. The van der Waals surface area contributed by atoms with Crippen LogP contribution in [0, 0.1) is 18.8 Å². The number of fused-ring (bicyclic) bond motifs is 1. The number of nitrogens with zero attached hydrogens (tertiary/aromatic N) is 3. The molecule has 0 spiro atoms. The number of hydrogen-bond donors (Lipinski definition) is 2. The highest BCUT2D eigenvalue weighted by Gasteiger charge is 2.30. The normalized spacial score (nSPS) is 20.8. The van der Waals surface area contributed by atoms with Gasteiger partial charge in [0, 0.05) is 55.6 Å². The van der Waals surface area contributed by atoms with Crippen LogP contribution in [-0.2, 0) is 9.53 Å². The average Bonchev–Trinajstić information content (AvgIpc) is 3.40. The molecular formula is C23H27N5O3. The molecule has 4 heterocycles. The topological polar surface area (TPSA) is 89.8 Å². The Bertz CT molecular complexity index is 1110. The number of aryl methyl sites for hydroxylation is 1.